The molecule has 2 aliphatic rings. The van der Waals surface area contributed by atoms with E-state index in [0.29, 0.717) is 5.00 Å². The van der Waals surface area contributed by atoms with Crippen LogP contribution in [0.3, 0.4) is 0 Å². The van der Waals surface area contributed by atoms with Crippen molar-refractivity contribution in [2.75, 3.05) is 18.8 Å². The molecule has 0 atom stereocenters. The van der Waals surface area contributed by atoms with E-state index in [0.717, 1.165) is 49.9 Å². The van der Waals surface area contributed by atoms with Crippen LogP contribution in [0.5, 0.6) is 0 Å². The van der Waals surface area contributed by atoms with Gasteiger partial charge in [0.1, 0.15) is 0 Å². The smallest absolute Gasteiger partial charge is 0.257 e. The first-order valence-electron chi connectivity index (χ1n) is 7.54. The van der Waals surface area contributed by atoms with Gasteiger partial charge in [-0.05, 0) is 36.8 Å². The average molecular weight is 298 g/mol. The summed E-state index contributed by atoms with van der Waals surface area (Å²) in [6, 6.07) is 8.41. The number of amides is 1. The number of nitrogens with two attached hydrogens (primary N) is 1. The molecule has 108 valence electrons. The van der Waals surface area contributed by atoms with Gasteiger partial charge in [0.25, 0.3) is 5.91 Å². The monoisotopic (exact) mass is 298 g/mol. The van der Waals surface area contributed by atoms with Crippen LogP contribution in [-0.2, 0) is 12.8 Å². The van der Waals surface area contributed by atoms with Crippen molar-refractivity contribution in [1.29, 1.82) is 0 Å². The van der Waals surface area contributed by atoms with Crippen LogP contribution in [0, 0.1) is 0 Å². The molecule has 1 saturated heterocycles. The van der Waals surface area contributed by atoms with Crippen LogP contribution >= 0.6 is 11.3 Å². The van der Waals surface area contributed by atoms with E-state index in [4.69, 9.17) is 5.73 Å². The van der Waals surface area contributed by atoms with E-state index in [9.17, 15) is 4.79 Å². The minimum absolute atomic E-state index is 0.124. The zero-order valence-electron chi connectivity index (χ0n) is 11.9. The molecule has 1 aliphatic heterocycles. The Morgan fingerprint density at radius 3 is 2.71 bits per heavy atom. The number of likely N-dealkylation sites (tertiary alicyclic amines) is 1. The Kier molecular flexibility index (Phi) is 3.00. The van der Waals surface area contributed by atoms with Crippen molar-refractivity contribution in [2.45, 2.75) is 25.7 Å². The second kappa shape index (κ2) is 4.88. The van der Waals surface area contributed by atoms with Crippen LogP contribution in [0.4, 0.5) is 5.00 Å². The van der Waals surface area contributed by atoms with Crippen molar-refractivity contribution in [3.8, 4) is 11.1 Å². The van der Waals surface area contributed by atoms with E-state index in [-0.39, 0.29) is 5.91 Å². The van der Waals surface area contributed by atoms with E-state index in [1.165, 1.54) is 16.0 Å². The zero-order valence-corrected chi connectivity index (χ0v) is 12.7. The number of carbonyl (C=O) groups excluding carboxylic acids is 1. The fraction of sp³-hybridized carbons (Fsp3) is 0.353. The highest BCUT2D eigenvalue weighted by atomic mass is 32.1. The number of carbonyl (C=O) groups is 1. The molecule has 2 heterocycles. The quantitative estimate of drug-likeness (QED) is 0.877. The number of benzene rings is 1. The summed E-state index contributed by atoms with van der Waals surface area (Å²) in [6.07, 6.45) is 4.25. The maximum absolute atomic E-state index is 12.9. The Balaban J connectivity index is 1.87. The fourth-order valence-electron chi connectivity index (χ4n) is 3.48. The van der Waals surface area contributed by atoms with Crippen molar-refractivity contribution in [3.63, 3.8) is 0 Å². The summed E-state index contributed by atoms with van der Waals surface area (Å²) in [4.78, 5) is 16.1. The Hall–Kier alpha value is -1.81. The van der Waals surface area contributed by atoms with Crippen molar-refractivity contribution in [2.24, 2.45) is 0 Å². The van der Waals surface area contributed by atoms with Crippen molar-refractivity contribution >= 4 is 22.2 Å². The molecule has 4 heteroatoms. The molecule has 1 amide bonds. The van der Waals surface area contributed by atoms with Gasteiger partial charge < -0.3 is 10.6 Å². The van der Waals surface area contributed by atoms with Gasteiger partial charge in [0.05, 0.1) is 10.6 Å². The van der Waals surface area contributed by atoms with Gasteiger partial charge in [0.15, 0.2) is 0 Å². The maximum atomic E-state index is 12.9. The molecule has 0 radical (unpaired) electrons. The standard InChI is InChI=1S/C17H18N2OS/c18-16-15(17(20)19-9-3-4-10-19)14-12-6-2-1-5-11(12)7-8-13(14)21-16/h1-2,5-6H,3-4,7-10,18H2. The van der Waals surface area contributed by atoms with E-state index in [1.807, 2.05) is 11.0 Å². The van der Waals surface area contributed by atoms with Gasteiger partial charge in [-0.2, -0.15) is 0 Å². The summed E-state index contributed by atoms with van der Waals surface area (Å²) in [7, 11) is 0. The predicted octanol–water partition coefficient (Wildman–Crippen LogP) is 3.33. The number of thiophene rings is 1. The summed E-state index contributed by atoms with van der Waals surface area (Å²) in [5.74, 6) is 0.124. The molecule has 0 unspecified atom stereocenters. The van der Waals surface area contributed by atoms with Gasteiger partial charge in [0, 0.05) is 23.5 Å². The second-order valence-electron chi connectivity index (χ2n) is 5.80. The molecule has 3 nitrogen and oxygen atoms in total. The molecule has 0 bridgehead atoms. The third kappa shape index (κ3) is 1.97. The minimum atomic E-state index is 0.124. The SMILES string of the molecule is Nc1sc2c(c1C(=O)N1CCCC1)-c1ccccc1CC2. The van der Waals surface area contributed by atoms with E-state index < -0.39 is 0 Å². The summed E-state index contributed by atoms with van der Waals surface area (Å²) >= 11 is 1.60. The number of nitrogen functional groups attached to an aromatic ring is 1. The van der Waals surface area contributed by atoms with Crippen LogP contribution in [0.25, 0.3) is 11.1 Å². The van der Waals surface area contributed by atoms with Crippen LogP contribution in [-0.4, -0.2) is 23.9 Å². The molecule has 1 aromatic heterocycles. The first kappa shape index (κ1) is 12.9. The number of rotatable bonds is 1. The Bertz CT molecular complexity index is 714. The zero-order chi connectivity index (χ0) is 14.4. The Morgan fingerprint density at radius 2 is 1.90 bits per heavy atom. The number of nitrogens with zero attached hydrogens (tertiary/aromatic N) is 1. The highest BCUT2D eigenvalue weighted by Gasteiger charge is 2.30. The Labute approximate surface area is 128 Å². The largest absolute Gasteiger partial charge is 0.390 e. The fourth-order valence-corrected chi connectivity index (χ4v) is 4.55. The molecule has 0 spiro atoms. The first-order valence-corrected chi connectivity index (χ1v) is 8.36. The molecule has 2 N–H and O–H groups in total. The van der Waals surface area contributed by atoms with E-state index in [1.54, 1.807) is 11.3 Å². The van der Waals surface area contributed by atoms with E-state index in [2.05, 4.69) is 18.2 Å². The van der Waals surface area contributed by atoms with Gasteiger partial charge in [-0.15, -0.1) is 11.3 Å². The van der Waals surface area contributed by atoms with Gasteiger partial charge >= 0.3 is 0 Å². The molecule has 0 saturated carbocycles. The highest BCUT2D eigenvalue weighted by Crippen LogP contribution is 2.44. The topological polar surface area (TPSA) is 46.3 Å². The third-order valence-corrected chi connectivity index (χ3v) is 5.60. The summed E-state index contributed by atoms with van der Waals surface area (Å²) in [6.45, 7) is 1.73. The number of hydrogen-bond acceptors (Lipinski definition) is 3. The number of fused-ring (bicyclic) bond motifs is 3. The average Bonchev–Trinajstić information content (AvgIpc) is 3.13. The van der Waals surface area contributed by atoms with Crippen LogP contribution < -0.4 is 5.73 Å². The number of anilines is 1. The summed E-state index contributed by atoms with van der Waals surface area (Å²) in [5, 5.41) is 0.689. The molecule has 2 aromatic rings. The first-order chi connectivity index (χ1) is 10.3. The van der Waals surface area contributed by atoms with Crippen molar-refractivity contribution < 1.29 is 4.79 Å². The normalized spacial score (nSPS) is 16.7. The van der Waals surface area contributed by atoms with Crippen LogP contribution in [0.1, 0.15) is 33.6 Å². The maximum Gasteiger partial charge on any atom is 0.257 e. The van der Waals surface area contributed by atoms with Gasteiger partial charge in [0.2, 0.25) is 0 Å². The molecule has 1 fully saturated rings. The number of hydrogen-bond donors (Lipinski definition) is 1. The van der Waals surface area contributed by atoms with Crippen LogP contribution in [0.15, 0.2) is 24.3 Å². The lowest BCUT2D eigenvalue weighted by atomic mass is 9.88. The van der Waals surface area contributed by atoms with Gasteiger partial charge in [-0.25, -0.2) is 0 Å². The lowest BCUT2D eigenvalue weighted by molar-refractivity contribution is 0.0795. The lowest BCUT2D eigenvalue weighted by Gasteiger charge is -2.20. The van der Waals surface area contributed by atoms with Crippen molar-refractivity contribution in [1.82, 2.24) is 4.90 Å². The van der Waals surface area contributed by atoms with Crippen molar-refractivity contribution in [3.05, 3.63) is 40.3 Å². The second-order valence-corrected chi connectivity index (χ2v) is 6.93. The molecule has 21 heavy (non-hydrogen) atoms. The molecular weight excluding hydrogens is 280 g/mol. The molecule has 1 aliphatic carbocycles. The molecule has 4 rings (SSSR count). The lowest BCUT2D eigenvalue weighted by Crippen LogP contribution is -2.28. The third-order valence-electron chi connectivity index (χ3n) is 4.52. The van der Waals surface area contributed by atoms with Crippen LogP contribution in [0.2, 0.25) is 0 Å². The summed E-state index contributed by atoms with van der Waals surface area (Å²) in [5.41, 5.74) is 10.6. The van der Waals surface area contributed by atoms with E-state index >= 15 is 0 Å². The molecule has 1 aromatic carbocycles. The Morgan fingerprint density at radius 1 is 1.14 bits per heavy atom. The summed E-state index contributed by atoms with van der Waals surface area (Å²) < 4.78 is 0. The van der Waals surface area contributed by atoms with Gasteiger partial charge in [-0.3, -0.25) is 4.79 Å². The predicted molar refractivity (Wildman–Crippen MR) is 86.7 cm³/mol. The number of aryl methyl sites for hydroxylation is 2. The highest BCUT2D eigenvalue weighted by molar-refractivity contribution is 7.17. The minimum Gasteiger partial charge on any atom is -0.390 e. The van der Waals surface area contributed by atoms with Gasteiger partial charge in [-0.1, -0.05) is 24.3 Å². The molecular formula is C17H18N2OS.